The molecule has 1 aromatic carbocycles. The van der Waals surface area contributed by atoms with Gasteiger partial charge in [-0.1, -0.05) is 18.2 Å². The number of rotatable bonds is 6. The predicted octanol–water partition coefficient (Wildman–Crippen LogP) is 3.42. The fourth-order valence-corrected chi connectivity index (χ4v) is 7.68. The molecular formula is C32H37NO10. The quantitative estimate of drug-likeness (QED) is 0.387. The molecule has 1 saturated heterocycles. The summed E-state index contributed by atoms with van der Waals surface area (Å²) in [7, 11) is 0. The summed E-state index contributed by atoms with van der Waals surface area (Å²) in [4.78, 5) is 56.3. The summed E-state index contributed by atoms with van der Waals surface area (Å²) in [5.41, 5.74) is -5.87. The molecule has 3 fully saturated rings. The molecule has 2 aliphatic carbocycles. The van der Waals surface area contributed by atoms with E-state index in [0.717, 1.165) is 0 Å². The number of benzene rings is 1. The minimum atomic E-state index is -1.79. The van der Waals surface area contributed by atoms with Gasteiger partial charge >= 0.3 is 23.9 Å². The summed E-state index contributed by atoms with van der Waals surface area (Å²) < 4.78 is 31.1. The topological polar surface area (TPSA) is 148 Å². The molecule has 3 aliphatic rings. The van der Waals surface area contributed by atoms with E-state index in [1.807, 2.05) is 0 Å². The second-order valence-corrected chi connectivity index (χ2v) is 12.5. The first-order valence-corrected chi connectivity index (χ1v) is 14.3. The van der Waals surface area contributed by atoms with Gasteiger partial charge in [0, 0.05) is 26.2 Å². The summed E-state index contributed by atoms with van der Waals surface area (Å²) in [5, 5.41) is 12.3. The van der Waals surface area contributed by atoms with Crippen molar-refractivity contribution in [3.8, 4) is 0 Å². The normalized spacial score (nSPS) is 35.7. The number of ether oxygens (including phenoxy) is 5. The van der Waals surface area contributed by atoms with Crippen LogP contribution in [0.5, 0.6) is 0 Å². The largest absolute Gasteiger partial charge is 0.462 e. The Morgan fingerprint density at radius 3 is 2.05 bits per heavy atom. The number of esters is 4. The molecule has 43 heavy (non-hydrogen) atoms. The van der Waals surface area contributed by atoms with Crippen LogP contribution in [-0.4, -0.2) is 75.2 Å². The Labute approximate surface area is 249 Å². The van der Waals surface area contributed by atoms with E-state index in [-0.39, 0.29) is 24.0 Å². The van der Waals surface area contributed by atoms with Crippen molar-refractivity contribution in [1.82, 2.24) is 4.98 Å². The van der Waals surface area contributed by atoms with Gasteiger partial charge in [0.2, 0.25) is 0 Å². The number of carbonyl (C=O) groups is 4. The fourth-order valence-electron chi connectivity index (χ4n) is 7.68. The molecular weight excluding hydrogens is 558 g/mol. The first-order chi connectivity index (χ1) is 20.2. The highest BCUT2D eigenvalue weighted by atomic mass is 16.6. The third-order valence-electron chi connectivity index (χ3n) is 9.34. The van der Waals surface area contributed by atoms with Crippen molar-refractivity contribution in [3.63, 3.8) is 0 Å². The van der Waals surface area contributed by atoms with Crippen molar-refractivity contribution in [3.05, 3.63) is 66.0 Å². The van der Waals surface area contributed by atoms with Crippen LogP contribution in [0.2, 0.25) is 0 Å². The molecule has 0 radical (unpaired) electrons. The van der Waals surface area contributed by atoms with Crippen LogP contribution in [0.4, 0.5) is 0 Å². The zero-order valence-electron chi connectivity index (χ0n) is 25.1. The zero-order chi connectivity index (χ0) is 31.4. The van der Waals surface area contributed by atoms with E-state index < -0.39 is 76.4 Å². The Balaban J connectivity index is 1.75. The van der Waals surface area contributed by atoms with Crippen LogP contribution in [0.1, 0.15) is 75.1 Å². The average Bonchev–Trinajstić information content (AvgIpc) is 3.16. The van der Waals surface area contributed by atoms with Gasteiger partial charge in [0.15, 0.2) is 6.10 Å². The Kier molecular flexibility index (Phi) is 7.63. The molecule has 2 heterocycles. The standard InChI is InChI=1S/C32H37NO10/c1-18(34)39-22-14-15-30(5,38)32-25(41-28(37)21-13-10-16-33-17-21)23(29(3,4)43-32)24(40-19(2)35)26(31(22,32)6)42-27(36)20-11-8-7-9-12-20/h7-13,16-17,22-26,38H,14-15H2,1-6H3/t22-,23+,24-,25+,26-,30-,31-,32-/m0/s1. The smallest absolute Gasteiger partial charge is 0.340 e. The van der Waals surface area contributed by atoms with Gasteiger partial charge in [0.25, 0.3) is 0 Å². The fraction of sp³-hybridized carbons (Fsp3) is 0.531. The van der Waals surface area contributed by atoms with Crippen molar-refractivity contribution in [2.45, 2.75) is 95.6 Å². The van der Waals surface area contributed by atoms with Crippen LogP contribution in [0, 0.1) is 11.3 Å². The van der Waals surface area contributed by atoms with E-state index in [4.69, 9.17) is 23.7 Å². The van der Waals surface area contributed by atoms with Gasteiger partial charge in [-0.05, 0) is 64.8 Å². The van der Waals surface area contributed by atoms with E-state index in [9.17, 15) is 24.3 Å². The molecule has 8 atom stereocenters. The van der Waals surface area contributed by atoms with E-state index in [2.05, 4.69) is 4.98 Å². The second kappa shape index (κ2) is 10.7. The Morgan fingerprint density at radius 1 is 0.837 bits per heavy atom. The maximum atomic E-state index is 13.6. The first-order valence-electron chi connectivity index (χ1n) is 14.3. The summed E-state index contributed by atoms with van der Waals surface area (Å²) >= 11 is 0. The SMILES string of the molecule is CC(=O)O[C@H]1[C@@H]2[C@@H](OC(=O)c3cccnc3)[C@@]3(OC2(C)C)[C@@](C)([C@@H](OC(C)=O)CC[C@]3(C)O)[C@H]1OC(=O)c1ccccc1. The van der Waals surface area contributed by atoms with E-state index >= 15 is 0 Å². The van der Waals surface area contributed by atoms with Crippen LogP contribution in [0.3, 0.4) is 0 Å². The van der Waals surface area contributed by atoms with Crippen LogP contribution < -0.4 is 0 Å². The number of carbonyl (C=O) groups excluding carboxylic acids is 4. The van der Waals surface area contributed by atoms with Gasteiger partial charge in [-0.2, -0.15) is 0 Å². The molecule has 0 unspecified atom stereocenters. The van der Waals surface area contributed by atoms with E-state index in [1.165, 1.54) is 32.3 Å². The van der Waals surface area contributed by atoms with Gasteiger partial charge in [-0.25, -0.2) is 9.59 Å². The van der Waals surface area contributed by atoms with Gasteiger partial charge in [-0.3, -0.25) is 14.6 Å². The maximum absolute atomic E-state index is 13.6. The Bertz CT molecular complexity index is 1410. The van der Waals surface area contributed by atoms with Crippen LogP contribution in [-0.2, 0) is 33.3 Å². The molecule has 2 bridgehead atoms. The zero-order valence-corrected chi connectivity index (χ0v) is 25.1. The molecule has 230 valence electrons. The van der Waals surface area contributed by atoms with Crippen molar-refractivity contribution in [2.75, 3.05) is 0 Å². The van der Waals surface area contributed by atoms with Crippen molar-refractivity contribution < 1.29 is 48.0 Å². The molecule has 2 saturated carbocycles. The van der Waals surface area contributed by atoms with Crippen LogP contribution in [0.15, 0.2) is 54.9 Å². The number of nitrogens with zero attached hydrogens (tertiary/aromatic N) is 1. The van der Waals surface area contributed by atoms with Gasteiger partial charge < -0.3 is 28.8 Å². The monoisotopic (exact) mass is 595 g/mol. The number of fused-ring (bicyclic) bond motifs is 1. The Morgan fingerprint density at radius 2 is 1.44 bits per heavy atom. The highest BCUT2D eigenvalue weighted by molar-refractivity contribution is 5.90. The second-order valence-electron chi connectivity index (χ2n) is 12.5. The lowest BCUT2D eigenvalue weighted by molar-refractivity contribution is -0.335. The minimum absolute atomic E-state index is 0.0991. The third-order valence-corrected chi connectivity index (χ3v) is 9.34. The van der Waals surface area contributed by atoms with Gasteiger partial charge in [0.05, 0.1) is 33.7 Å². The summed E-state index contributed by atoms with van der Waals surface area (Å²) in [5.74, 6) is -3.65. The highest BCUT2D eigenvalue weighted by Gasteiger charge is 2.85. The summed E-state index contributed by atoms with van der Waals surface area (Å²) in [6, 6.07) is 11.4. The molecule has 2 aromatic rings. The average molecular weight is 596 g/mol. The maximum Gasteiger partial charge on any atom is 0.340 e. The van der Waals surface area contributed by atoms with Crippen molar-refractivity contribution in [1.29, 1.82) is 0 Å². The molecule has 1 aromatic heterocycles. The molecule has 11 heteroatoms. The summed E-state index contributed by atoms with van der Waals surface area (Å²) in [6.45, 7) is 9.18. The number of aliphatic hydroxyl groups is 1. The third kappa shape index (κ3) is 4.78. The number of hydrogen-bond donors (Lipinski definition) is 1. The lowest BCUT2D eigenvalue weighted by Gasteiger charge is -2.65. The van der Waals surface area contributed by atoms with Gasteiger partial charge in [-0.15, -0.1) is 0 Å². The molecule has 5 rings (SSSR count). The highest BCUT2D eigenvalue weighted by Crippen LogP contribution is 2.69. The summed E-state index contributed by atoms with van der Waals surface area (Å²) in [6.07, 6.45) is -1.61. The molecule has 1 aliphatic heterocycles. The molecule has 1 spiro atoms. The van der Waals surface area contributed by atoms with Gasteiger partial charge in [0.1, 0.15) is 23.9 Å². The van der Waals surface area contributed by atoms with E-state index in [1.54, 1.807) is 64.1 Å². The Hall–Kier alpha value is -3.83. The lowest BCUT2D eigenvalue weighted by Crippen LogP contribution is -2.81. The molecule has 1 N–H and O–H groups in total. The van der Waals surface area contributed by atoms with E-state index in [0.29, 0.717) is 0 Å². The van der Waals surface area contributed by atoms with Crippen molar-refractivity contribution in [2.24, 2.45) is 11.3 Å². The van der Waals surface area contributed by atoms with Crippen LogP contribution >= 0.6 is 0 Å². The number of hydrogen-bond acceptors (Lipinski definition) is 11. The lowest BCUT2D eigenvalue weighted by atomic mass is 9.47. The predicted molar refractivity (Wildman–Crippen MR) is 150 cm³/mol. The first kappa shape index (κ1) is 30.6. The molecule has 0 amide bonds. The number of aromatic nitrogens is 1. The van der Waals surface area contributed by atoms with Crippen LogP contribution in [0.25, 0.3) is 0 Å². The number of pyridine rings is 1. The minimum Gasteiger partial charge on any atom is -0.462 e. The molecule has 11 nitrogen and oxygen atoms in total. The van der Waals surface area contributed by atoms with Crippen molar-refractivity contribution >= 4 is 23.9 Å².